The van der Waals surface area contributed by atoms with E-state index >= 15 is 0 Å². The molecule has 1 aromatic rings. The van der Waals surface area contributed by atoms with Crippen LogP contribution in [0.15, 0.2) is 6.07 Å². The molecule has 0 spiro atoms. The lowest BCUT2D eigenvalue weighted by Gasteiger charge is -2.04. The van der Waals surface area contributed by atoms with Crippen molar-refractivity contribution < 1.29 is 13.9 Å². The summed E-state index contributed by atoms with van der Waals surface area (Å²) in [5.74, 6) is -0.867. The van der Waals surface area contributed by atoms with Gasteiger partial charge >= 0.3 is 0 Å². The molecule has 3 nitrogen and oxygen atoms in total. The number of nitrogens with two attached hydrogens (primary N) is 1. The van der Waals surface area contributed by atoms with Crippen LogP contribution in [-0.2, 0) is 0 Å². The Labute approximate surface area is 71.8 Å². The zero-order valence-corrected chi connectivity index (χ0v) is 6.52. The molecule has 0 aliphatic rings. The molecule has 0 bridgehead atoms. The van der Waals surface area contributed by atoms with Crippen molar-refractivity contribution in [2.45, 2.75) is 6.43 Å². The van der Waals surface area contributed by atoms with Gasteiger partial charge in [-0.05, 0) is 6.07 Å². The van der Waals surface area contributed by atoms with E-state index in [9.17, 15) is 8.78 Å². The van der Waals surface area contributed by atoms with E-state index in [0.717, 1.165) is 6.07 Å². The predicted octanol–water partition coefficient (Wildman–Crippen LogP) is 1.96. The topological polar surface area (TPSA) is 59.1 Å². The van der Waals surface area contributed by atoms with Crippen molar-refractivity contribution in [2.24, 2.45) is 0 Å². The summed E-state index contributed by atoms with van der Waals surface area (Å²) in [4.78, 5) is 3.31. The summed E-state index contributed by atoms with van der Waals surface area (Å²) in [6, 6.07) is 0.801. The van der Waals surface area contributed by atoms with Crippen molar-refractivity contribution in [3.05, 3.63) is 16.8 Å². The molecule has 0 radical (unpaired) electrons. The minimum atomic E-state index is -2.76. The average molecular weight is 195 g/mol. The first-order valence-corrected chi connectivity index (χ1v) is 3.33. The van der Waals surface area contributed by atoms with E-state index in [1.54, 1.807) is 0 Å². The van der Waals surface area contributed by atoms with Gasteiger partial charge in [-0.25, -0.2) is 13.8 Å². The normalized spacial score (nSPS) is 10.7. The van der Waals surface area contributed by atoms with E-state index in [1.165, 1.54) is 0 Å². The Morgan fingerprint density at radius 2 is 2.17 bits per heavy atom. The predicted molar refractivity (Wildman–Crippen MR) is 40.3 cm³/mol. The SMILES string of the molecule is Nc1nc(Cl)c(O)cc1C(F)F. The lowest BCUT2D eigenvalue weighted by Crippen LogP contribution is -1.98. The Morgan fingerprint density at radius 1 is 1.58 bits per heavy atom. The van der Waals surface area contributed by atoms with E-state index in [1.807, 2.05) is 0 Å². The molecule has 0 aliphatic heterocycles. The maximum absolute atomic E-state index is 12.1. The summed E-state index contributed by atoms with van der Waals surface area (Å²) in [5.41, 5.74) is 4.59. The van der Waals surface area contributed by atoms with Gasteiger partial charge in [-0.15, -0.1) is 0 Å². The number of pyridine rings is 1. The summed E-state index contributed by atoms with van der Waals surface area (Å²) in [5, 5.41) is 8.61. The quantitative estimate of drug-likeness (QED) is 0.672. The van der Waals surface area contributed by atoms with Crippen LogP contribution in [0, 0.1) is 0 Å². The first-order chi connectivity index (χ1) is 5.52. The maximum atomic E-state index is 12.1. The zero-order valence-electron chi connectivity index (χ0n) is 5.76. The lowest BCUT2D eigenvalue weighted by molar-refractivity contribution is 0.151. The lowest BCUT2D eigenvalue weighted by atomic mass is 10.2. The van der Waals surface area contributed by atoms with Crippen molar-refractivity contribution in [3.8, 4) is 5.75 Å². The molecule has 1 rings (SSSR count). The number of hydrogen-bond donors (Lipinski definition) is 2. The summed E-state index contributed by atoms with van der Waals surface area (Å²) in [6.45, 7) is 0. The van der Waals surface area contributed by atoms with Crippen LogP contribution in [0.3, 0.4) is 0 Å². The first kappa shape index (κ1) is 8.99. The Bertz CT molecular complexity index is 306. The molecule has 0 fully saturated rings. The second-order valence-electron chi connectivity index (χ2n) is 2.07. The average Bonchev–Trinajstić information content (AvgIpc) is 1.96. The molecular weight excluding hydrogens is 190 g/mol. The molecule has 0 amide bonds. The Hall–Kier alpha value is -1.10. The van der Waals surface area contributed by atoms with E-state index in [0.29, 0.717) is 0 Å². The van der Waals surface area contributed by atoms with Gasteiger partial charge in [0.05, 0.1) is 5.56 Å². The minimum absolute atomic E-state index is 0.281. The van der Waals surface area contributed by atoms with Crippen molar-refractivity contribution in [3.63, 3.8) is 0 Å². The number of anilines is 1. The fourth-order valence-electron chi connectivity index (χ4n) is 0.683. The van der Waals surface area contributed by atoms with Crippen LogP contribution in [-0.4, -0.2) is 10.1 Å². The van der Waals surface area contributed by atoms with Gasteiger partial charge in [0.2, 0.25) is 0 Å². The van der Waals surface area contributed by atoms with E-state index in [2.05, 4.69) is 4.98 Å². The van der Waals surface area contributed by atoms with Gasteiger partial charge in [-0.2, -0.15) is 0 Å². The van der Waals surface area contributed by atoms with Gasteiger partial charge in [0, 0.05) is 0 Å². The highest BCUT2D eigenvalue weighted by Crippen LogP contribution is 2.30. The van der Waals surface area contributed by atoms with Crippen LogP contribution >= 0.6 is 11.6 Å². The van der Waals surface area contributed by atoms with Gasteiger partial charge in [0.25, 0.3) is 6.43 Å². The van der Waals surface area contributed by atoms with Crippen molar-refractivity contribution in [1.82, 2.24) is 4.98 Å². The van der Waals surface area contributed by atoms with Crippen LogP contribution in [0.1, 0.15) is 12.0 Å². The molecule has 12 heavy (non-hydrogen) atoms. The van der Waals surface area contributed by atoms with Gasteiger partial charge < -0.3 is 10.8 Å². The van der Waals surface area contributed by atoms with Gasteiger partial charge in [-0.3, -0.25) is 0 Å². The Morgan fingerprint density at radius 3 is 2.67 bits per heavy atom. The number of nitrogens with zero attached hydrogens (tertiary/aromatic N) is 1. The van der Waals surface area contributed by atoms with E-state index < -0.39 is 17.7 Å². The number of aromatic nitrogens is 1. The third-order valence-corrected chi connectivity index (χ3v) is 1.53. The second kappa shape index (κ2) is 3.10. The number of nitrogen functional groups attached to an aromatic ring is 1. The van der Waals surface area contributed by atoms with Gasteiger partial charge in [0.15, 0.2) is 10.9 Å². The smallest absolute Gasteiger partial charge is 0.267 e. The third kappa shape index (κ3) is 1.55. The van der Waals surface area contributed by atoms with Gasteiger partial charge in [0.1, 0.15) is 5.82 Å². The van der Waals surface area contributed by atoms with Crippen molar-refractivity contribution in [1.29, 1.82) is 0 Å². The number of rotatable bonds is 1. The molecule has 66 valence electrons. The third-order valence-electron chi connectivity index (χ3n) is 1.25. The molecule has 6 heteroatoms. The van der Waals surface area contributed by atoms with E-state index in [4.69, 9.17) is 22.4 Å². The Balaban J connectivity index is 3.23. The highest BCUT2D eigenvalue weighted by atomic mass is 35.5. The molecular formula is C6H5ClF2N2O. The summed E-state index contributed by atoms with van der Waals surface area (Å²) in [6.07, 6.45) is -2.76. The largest absolute Gasteiger partial charge is 0.505 e. The molecule has 0 saturated heterocycles. The highest BCUT2D eigenvalue weighted by molar-refractivity contribution is 6.30. The van der Waals surface area contributed by atoms with Crippen LogP contribution in [0.2, 0.25) is 5.15 Å². The summed E-state index contributed by atoms with van der Waals surface area (Å²) in [7, 11) is 0. The zero-order chi connectivity index (χ0) is 9.30. The molecule has 0 saturated carbocycles. The molecule has 3 N–H and O–H groups in total. The molecule has 0 unspecified atom stereocenters. The standard InChI is InChI=1S/C6H5ClF2N2O/c7-4-3(12)1-2(5(8)9)6(10)11-4/h1,5,12H,(H2,10,11). The first-order valence-electron chi connectivity index (χ1n) is 2.95. The maximum Gasteiger partial charge on any atom is 0.267 e. The monoisotopic (exact) mass is 194 g/mol. The van der Waals surface area contributed by atoms with Crippen molar-refractivity contribution in [2.75, 3.05) is 5.73 Å². The van der Waals surface area contributed by atoms with Crippen LogP contribution in [0.4, 0.5) is 14.6 Å². The van der Waals surface area contributed by atoms with E-state index in [-0.39, 0.29) is 11.0 Å². The van der Waals surface area contributed by atoms with Crippen LogP contribution < -0.4 is 5.73 Å². The highest BCUT2D eigenvalue weighted by Gasteiger charge is 2.15. The van der Waals surface area contributed by atoms with Gasteiger partial charge in [-0.1, -0.05) is 11.6 Å². The summed E-state index contributed by atoms with van der Waals surface area (Å²) >= 11 is 5.30. The van der Waals surface area contributed by atoms with Crippen LogP contribution in [0.5, 0.6) is 5.75 Å². The minimum Gasteiger partial charge on any atom is -0.505 e. The fourth-order valence-corrected chi connectivity index (χ4v) is 0.829. The number of alkyl halides is 2. The molecule has 0 aromatic carbocycles. The number of halogens is 3. The fraction of sp³-hybridized carbons (Fsp3) is 0.167. The molecule has 1 heterocycles. The summed E-state index contributed by atoms with van der Waals surface area (Å²) < 4.78 is 24.1. The second-order valence-corrected chi connectivity index (χ2v) is 2.43. The Kier molecular flexibility index (Phi) is 2.32. The van der Waals surface area contributed by atoms with Crippen LogP contribution in [0.25, 0.3) is 0 Å². The molecule has 0 aliphatic carbocycles. The molecule has 1 aromatic heterocycles. The van der Waals surface area contributed by atoms with Crippen molar-refractivity contribution >= 4 is 17.4 Å². The molecule has 0 atom stereocenters. The number of aromatic hydroxyl groups is 1. The number of hydrogen-bond acceptors (Lipinski definition) is 3.